The standard InChI is InChI=1S/C51H35N5/c1-3-14-32(15-4-1)49-39-21-9-11-22-42(39)53-51(54-49)56-45-23-12-10-19-37(45)40-30-34(27-29-46(40)56)33-26-28-43(52-35-16-5-2-6-17-35)41(31-33)48-47-25-13-24-44-36-18-7-8-20-38(36)50(48)55(44)47/h1-27,29-31,43,50,52H,28H2. The lowest BCUT2D eigenvalue weighted by Gasteiger charge is -2.46. The number of allylic oxidation sites excluding steroid dienone is 5. The third-order valence-corrected chi connectivity index (χ3v) is 11.9. The van der Waals surface area contributed by atoms with Crippen molar-refractivity contribution in [3.05, 3.63) is 216 Å². The highest BCUT2D eigenvalue weighted by Gasteiger charge is 2.49. The number of benzene rings is 6. The second kappa shape index (κ2) is 12.1. The number of anilines is 1. The predicted octanol–water partition coefficient (Wildman–Crippen LogP) is 11.8. The van der Waals surface area contributed by atoms with Gasteiger partial charge in [-0.05, 0) is 83.3 Å². The van der Waals surface area contributed by atoms with Crippen molar-refractivity contribution in [2.24, 2.45) is 0 Å². The highest BCUT2D eigenvalue weighted by Crippen LogP contribution is 2.59. The molecule has 8 aromatic rings. The Balaban J connectivity index is 1.01. The van der Waals surface area contributed by atoms with Crippen molar-refractivity contribution in [3.63, 3.8) is 0 Å². The van der Waals surface area contributed by atoms with E-state index in [0.717, 1.165) is 45.3 Å². The Hall–Kier alpha value is -7.24. The summed E-state index contributed by atoms with van der Waals surface area (Å²) in [6, 6.07) is 54.2. The van der Waals surface area contributed by atoms with Gasteiger partial charge in [-0.2, -0.15) is 0 Å². The molecule has 2 atom stereocenters. The van der Waals surface area contributed by atoms with Gasteiger partial charge in [0.05, 0.1) is 34.3 Å². The van der Waals surface area contributed by atoms with Gasteiger partial charge in [0.25, 0.3) is 0 Å². The quantitative estimate of drug-likeness (QED) is 0.186. The summed E-state index contributed by atoms with van der Waals surface area (Å²) in [6.07, 6.45) is 12.5. The van der Waals surface area contributed by atoms with E-state index >= 15 is 0 Å². The van der Waals surface area contributed by atoms with Crippen molar-refractivity contribution in [2.75, 3.05) is 5.32 Å². The molecule has 2 unspecified atom stereocenters. The first-order valence-corrected chi connectivity index (χ1v) is 19.4. The van der Waals surface area contributed by atoms with Gasteiger partial charge in [-0.3, -0.25) is 4.57 Å². The molecular formula is C51H35N5. The Morgan fingerprint density at radius 3 is 2.29 bits per heavy atom. The van der Waals surface area contributed by atoms with Crippen LogP contribution in [0.25, 0.3) is 61.2 Å². The minimum Gasteiger partial charge on any atom is -0.378 e. The molecule has 2 aromatic heterocycles. The summed E-state index contributed by atoms with van der Waals surface area (Å²) in [6.45, 7) is 0. The highest BCUT2D eigenvalue weighted by molar-refractivity contribution is 6.10. The Morgan fingerprint density at radius 2 is 1.39 bits per heavy atom. The molecule has 6 aromatic carbocycles. The van der Waals surface area contributed by atoms with Crippen LogP contribution in [0.5, 0.6) is 0 Å². The average molecular weight is 718 g/mol. The van der Waals surface area contributed by atoms with Gasteiger partial charge in [0.2, 0.25) is 5.95 Å². The highest BCUT2D eigenvalue weighted by atomic mass is 15.3. The first kappa shape index (κ1) is 31.1. The molecule has 0 bridgehead atoms. The van der Waals surface area contributed by atoms with Gasteiger partial charge in [0.15, 0.2) is 0 Å². The van der Waals surface area contributed by atoms with Crippen molar-refractivity contribution < 1.29 is 0 Å². The summed E-state index contributed by atoms with van der Waals surface area (Å²) in [5.41, 5.74) is 16.8. The summed E-state index contributed by atoms with van der Waals surface area (Å²) in [4.78, 5) is 13.0. The summed E-state index contributed by atoms with van der Waals surface area (Å²) in [7, 11) is 0. The zero-order valence-electron chi connectivity index (χ0n) is 30.5. The van der Waals surface area contributed by atoms with Crippen LogP contribution in [-0.2, 0) is 0 Å². The van der Waals surface area contributed by atoms with E-state index in [1.165, 1.54) is 55.6 Å². The number of nitrogens with one attached hydrogen (secondary N) is 1. The van der Waals surface area contributed by atoms with Gasteiger partial charge in [-0.15, -0.1) is 0 Å². The molecule has 5 heterocycles. The van der Waals surface area contributed by atoms with Gasteiger partial charge in [0.1, 0.15) is 0 Å². The number of fused-ring (bicyclic) bond motifs is 7. The molecular weight excluding hydrogens is 683 g/mol. The largest absolute Gasteiger partial charge is 0.378 e. The van der Waals surface area contributed by atoms with E-state index in [1.807, 2.05) is 6.07 Å². The fourth-order valence-corrected chi connectivity index (χ4v) is 9.40. The van der Waals surface area contributed by atoms with Crippen molar-refractivity contribution >= 4 is 49.7 Å². The molecule has 4 aliphatic rings. The van der Waals surface area contributed by atoms with Crippen LogP contribution in [0.3, 0.4) is 0 Å². The average Bonchev–Trinajstić information content (AvgIpc) is 3.76. The zero-order chi connectivity index (χ0) is 36.7. The number of hydrogen-bond acceptors (Lipinski definition) is 4. The summed E-state index contributed by atoms with van der Waals surface area (Å²) < 4.78 is 2.23. The summed E-state index contributed by atoms with van der Waals surface area (Å²) in [5.74, 6) is 0.671. The van der Waals surface area contributed by atoms with Gasteiger partial charge < -0.3 is 10.2 Å². The minimum atomic E-state index is 0.135. The van der Waals surface area contributed by atoms with Crippen molar-refractivity contribution in [3.8, 4) is 17.2 Å². The van der Waals surface area contributed by atoms with Crippen LogP contribution in [0.2, 0.25) is 0 Å². The topological polar surface area (TPSA) is 46.0 Å². The molecule has 5 nitrogen and oxygen atoms in total. The Bertz CT molecular complexity index is 3090. The Morgan fingerprint density at radius 1 is 0.643 bits per heavy atom. The number of nitrogens with zero attached hydrogens (tertiary/aromatic N) is 4. The molecule has 1 aliphatic carbocycles. The molecule has 12 rings (SSSR count). The molecule has 3 aliphatic heterocycles. The molecule has 0 saturated carbocycles. The molecule has 0 amide bonds. The van der Waals surface area contributed by atoms with Crippen LogP contribution < -0.4 is 5.32 Å². The smallest absolute Gasteiger partial charge is 0.235 e. The van der Waals surface area contributed by atoms with Gasteiger partial charge in [0, 0.05) is 49.9 Å². The maximum Gasteiger partial charge on any atom is 0.235 e. The number of para-hydroxylation sites is 3. The maximum absolute atomic E-state index is 5.29. The van der Waals surface area contributed by atoms with E-state index in [9.17, 15) is 0 Å². The second-order valence-corrected chi connectivity index (χ2v) is 15.0. The molecule has 5 heteroatoms. The van der Waals surface area contributed by atoms with Crippen LogP contribution in [0.4, 0.5) is 5.69 Å². The van der Waals surface area contributed by atoms with E-state index in [0.29, 0.717) is 5.95 Å². The third-order valence-electron chi connectivity index (χ3n) is 11.9. The predicted molar refractivity (Wildman–Crippen MR) is 229 cm³/mol. The molecule has 0 saturated heterocycles. The first-order valence-electron chi connectivity index (χ1n) is 19.4. The second-order valence-electron chi connectivity index (χ2n) is 15.0. The fraction of sp³-hybridized carbons (Fsp3) is 0.0588. The normalized spacial score (nSPS) is 18.1. The summed E-state index contributed by atoms with van der Waals surface area (Å²) in [5, 5.41) is 7.32. The maximum atomic E-state index is 5.29. The van der Waals surface area contributed by atoms with Crippen LogP contribution in [0, 0.1) is 0 Å². The van der Waals surface area contributed by atoms with Crippen molar-refractivity contribution in [1.82, 2.24) is 19.4 Å². The molecule has 0 fully saturated rings. The molecule has 56 heavy (non-hydrogen) atoms. The first-order chi connectivity index (χ1) is 27.8. The zero-order valence-corrected chi connectivity index (χ0v) is 30.5. The lowest BCUT2D eigenvalue weighted by atomic mass is 9.77. The van der Waals surface area contributed by atoms with E-state index in [1.54, 1.807) is 0 Å². The fourth-order valence-electron chi connectivity index (χ4n) is 9.40. The van der Waals surface area contributed by atoms with E-state index in [2.05, 4.69) is 191 Å². The summed E-state index contributed by atoms with van der Waals surface area (Å²) >= 11 is 0. The van der Waals surface area contributed by atoms with Gasteiger partial charge in [-0.25, -0.2) is 9.97 Å². The van der Waals surface area contributed by atoms with E-state index < -0.39 is 0 Å². The monoisotopic (exact) mass is 717 g/mol. The van der Waals surface area contributed by atoms with Gasteiger partial charge >= 0.3 is 0 Å². The SMILES string of the molecule is C1=CC2=C(C3=CC(c4ccc5c(c4)c4ccccc4n5-c4nc(-c5ccccc5)c5ccccc5n4)=CCC3Nc3ccccc3)C3c4ccccc4C(=C1)N23. The number of aromatic nitrogens is 3. The van der Waals surface area contributed by atoms with Crippen molar-refractivity contribution in [2.45, 2.75) is 18.5 Å². The minimum absolute atomic E-state index is 0.135. The van der Waals surface area contributed by atoms with Crippen molar-refractivity contribution in [1.29, 1.82) is 0 Å². The van der Waals surface area contributed by atoms with Crippen LogP contribution in [-0.4, -0.2) is 25.5 Å². The third kappa shape index (κ3) is 4.61. The van der Waals surface area contributed by atoms with Crippen LogP contribution in [0.1, 0.15) is 29.2 Å². The molecule has 264 valence electrons. The lowest BCUT2D eigenvalue weighted by Crippen LogP contribution is -2.39. The van der Waals surface area contributed by atoms with Crippen LogP contribution in [0.15, 0.2) is 199 Å². The van der Waals surface area contributed by atoms with Gasteiger partial charge in [-0.1, -0.05) is 127 Å². The number of rotatable bonds is 6. The lowest BCUT2D eigenvalue weighted by molar-refractivity contribution is 0.367. The Labute approximate surface area is 324 Å². The van der Waals surface area contributed by atoms with E-state index in [-0.39, 0.29) is 12.1 Å². The Kier molecular flexibility index (Phi) is 6.75. The van der Waals surface area contributed by atoms with Crippen LogP contribution >= 0.6 is 0 Å². The van der Waals surface area contributed by atoms with E-state index in [4.69, 9.17) is 9.97 Å². The molecule has 1 N–H and O–H groups in total. The number of hydrogen-bond donors (Lipinski definition) is 1. The molecule has 0 radical (unpaired) electrons. The molecule has 0 spiro atoms.